The summed E-state index contributed by atoms with van der Waals surface area (Å²) >= 11 is 4.38. The number of sulfone groups is 1. The number of aliphatic hydroxyl groups excluding tert-OH is 1. The molecule has 0 spiro atoms. The van der Waals surface area contributed by atoms with Gasteiger partial charge in [0.2, 0.25) is 0 Å². The molecule has 0 saturated heterocycles. The van der Waals surface area contributed by atoms with Gasteiger partial charge in [-0.2, -0.15) is 0 Å². The lowest BCUT2D eigenvalue weighted by molar-refractivity contribution is 0.295. The molecule has 0 fully saturated rings. The summed E-state index contributed by atoms with van der Waals surface area (Å²) in [7, 11) is -3.17. The number of hydrogen-bond acceptors (Lipinski definition) is 4. The van der Waals surface area contributed by atoms with Crippen molar-refractivity contribution in [2.24, 2.45) is 0 Å². The Balaban J connectivity index is 2.82. The molecular weight excluding hydrogens is 276 g/mol. The third kappa shape index (κ3) is 3.05. The first-order valence-electron chi connectivity index (χ1n) is 3.64. The summed E-state index contributed by atoms with van der Waals surface area (Å²) in [5.74, 6) is 0.0104. The SMILES string of the molecule is O=S(=O)(CCCO)c1cc(Br)cs1. The molecule has 1 aromatic heterocycles. The van der Waals surface area contributed by atoms with E-state index in [9.17, 15) is 8.42 Å². The Kier molecular flexibility index (Phi) is 3.90. The van der Waals surface area contributed by atoms with Gasteiger partial charge >= 0.3 is 0 Å². The van der Waals surface area contributed by atoms with Gasteiger partial charge in [0.25, 0.3) is 0 Å². The van der Waals surface area contributed by atoms with E-state index in [0.29, 0.717) is 4.21 Å². The second-order valence-corrected chi connectivity index (χ2v) is 6.64. The zero-order valence-corrected chi connectivity index (χ0v) is 9.95. The molecule has 0 radical (unpaired) electrons. The van der Waals surface area contributed by atoms with Crippen LogP contribution in [0.25, 0.3) is 0 Å². The molecule has 0 aliphatic heterocycles. The Morgan fingerprint density at radius 2 is 2.23 bits per heavy atom. The lowest BCUT2D eigenvalue weighted by Crippen LogP contribution is -2.06. The molecular formula is C7H9BrO3S2. The molecule has 6 heteroatoms. The van der Waals surface area contributed by atoms with Crippen molar-refractivity contribution >= 4 is 37.1 Å². The smallest absolute Gasteiger partial charge is 0.187 e. The maximum absolute atomic E-state index is 11.5. The van der Waals surface area contributed by atoms with Crippen LogP contribution in [-0.2, 0) is 9.84 Å². The highest BCUT2D eigenvalue weighted by Crippen LogP contribution is 2.25. The second-order valence-electron chi connectivity index (χ2n) is 2.48. The normalized spacial score (nSPS) is 11.8. The van der Waals surface area contributed by atoms with Gasteiger partial charge in [-0.25, -0.2) is 8.42 Å². The molecule has 0 atom stereocenters. The van der Waals surface area contributed by atoms with Gasteiger partial charge in [0.15, 0.2) is 9.84 Å². The molecule has 3 nitrogen and oxygen atoms in total. The third-order valence-corrected chi connectivity index (χ3v) is 5.51. The highest BCUT2D eigenvalue weighted by atomic mass is 79.9. The van der Waals surface area contributed by atoms with Crippen molar-refractivity contribution in [3.8, 4) is 0 Å². The van der Waals surface area contributed by atoms with E-state index in [1.54, 1.807) is 11.4 Å². The minimum absolute atomic E-state index is 0.0104. The molecule has 0 unspecified atom stereocenters. The molecule has 74 valence electrons. The van der Waals surface area contributed by atoms with E-state index in [2.05, 4.69) is 15.9 Å². The Morgan fingerprint density at radius 1 is 1.54 bits per heavy atom. The fourth-order valence-electron chi connectivity index (χ4n) is 0.813. The van der Waals surface area contributed by atoms with Gasteiger partial charge < -0.3 is 5.11 Å². The number of halogens is 1. The van der Waals surface area contributed by atoms with Crippen LogP contribution in [0.4, 0.5) is 0 Å². The van der Waals surface area contributed by atoms with Gasteiger partial charge in [-0.05, 0) is 28.4 Å². The van der Waals surface area contributed by atoms with Gasteiger partial charge in [-0.15, -0.1) is 11.3 Å². The Bertz CT molecular complexity index is 369. The van der Waals surface area contributed by atoms with Crippen LogP contribution in [0, 0.1) is 0 Å². The Morgan fingerprint density at radius 3 is 2.69 bits per heavy atom. The van der Waals surface area contributed by atoms with E-state index in [-0.39, 0.29) is 18.8 Å². The molecule has 0 amide bonds. The average Bonchev–Trinajstić information content (AvgIpc) is 2.49. The van der Waals surface area contributed by atoms with E-state index in [1.165, 1.54) is 11.3 Å². The van der Waals surface area contributed by atoms with Gasteiger partial charge in [0.1, 0.15) is 4.21 Å². The maximum Gasteiger partial charge on any atom is 0.187 e. The monoisotopic (exact) mass is 284 g/mol. The Hall–Kier alpha value is 0.0900. The first kappa shape index (κ1) is 11.2. The highest BCUT2D eigenvalue weighted by Gasteiger charge is 2.15. The van der Waals surface area contributed by atoms with Gasteiger partial charge in [-0.1, -0.05) is 0 Å². The zero-order chi connectivity index (χ0) is 9.90. The fraction of sp³-hybridized carbons (Fsp3) is 0.429. The number of rotatable bonds is 4. The third-order valence-electron chi connectivity index (χ3n) is 1.42. The molecule has 13 heavy (non-hydrogen) atoms. The fourth-order valence-corrected chi connectivity index (χ4v) is 4.11. The quantitative estimate of drug-likeness (QED) is 0.915. The van der Waals surface area contributed by atoms with Crippen molar-refractivity contribution in [3.05, 3.63) is 15.9 Å². The van der Waals surface area contributed by atoms with E-state index in [0.717, 1.165) is 4.47 Å². The summed E-state index contributed by atoms with van der Waals surface area (Å²) in [6.07, 6.45) is 0.290. The molecule has 0 aromatic carbocycles. The Labute approximate surface area is 89.5 Å². The topological polar surface area (TPSA) is 54.4 Å². The van der Waals surface area contributed by atoms with Crippen LogP contribution in [0.2, 0.25) is 0 Å². The van der Waals surface area contributed by atoms with Crippen LogP contribution < -0.4 is 0 Å². The molecule has 0 aliphatic rings. The molecule has 1 N–H and O–H groups in total. The van der Waals surface area contributed by atoms with Crippen molar-refractivity contribution in [2.45, 2.75) is 10.6 Å². The van der Waals surface area contributed by atoms with Crippen molar-refractivity contribution in [1.29, 1.82) is 0 Å². The largest absolute Gasteiger partial charge is 0.396 e. The van der Waals surface area contributed by atoms with Gasteiger partial charge in [-0.3, -0.25) is 0 Å². The summed E-state index contributed by atoms with van der Waals surface area (Å²) in [5.41, 5.74) is 0. The van der Waals surface area contributed by atoms with E-state index >= 15 is 0 Å². The zero-order valence-electron chi connectivity index (χ0n) is 6.73. The molecule has 0 saturated carbocycles. The van der Waals surface area contributed by atoms with Crippen LogP contribution in [0.15, 0.2) is 20.1 Å². The lowest BCUT2D eigenvalue weighted by atomic mass is 10.5. The summed E-state index contributed by atoms with van der Waals surface area (Å²) in [6, 6.07) is 1.58. The highest BCUT2D eigenvalue weighted by molar-refractivity contribution is 9.10. The van der Waals surface area contributed by atoms with E-state index in [4.69, 9.17) is 5.11 Å². The predicted octanol–water partition coefficient (Wildman–Crippen LogP) is 1.67. The summed E-state index contributed by atoms with van der Waals surface area (Å²) in [5, 5.41) is 10.2. The van der Waals surface area contributed by atoms with Crippen LogP contribution in [0.3, 0.4) is 0 Å². The van der Waals surface area contributed by atoms with Crippen molar-refractivity contribution in [2.75, 3.05) is 12.4 Å². The predicted molar refractivity (Wildman–Crippen MR) is 55.8 cm³/mol. The van der Waals surface area contributed by atoms with Crippen LogP contribution in [0.1, 0.15) is 6.42 Å². The van der Waals surface area contributed by atoms with E-state index in [1.807, 2.05) is 0 Å². The van der Waals surface area contributed by atoms with Gasteiger partial charge in [0, 0.05) is 16.5 Å². The second kappa shape index (κ2) is 4.54. The van der Waals surface area contributed by atoms with E-state index < -0.39 is 9.84 Å². The van der Waals surface area contributed by atoms with Crippen molar-refractivity contribution in [1.82, 2.24) is 0 Å². The molecule has 1 rings (SSSR count). The van der Waals surface area contributed by atoms with Crippen LogP contribution in [0.5, 0.6) is 0 Å². The standard InChI is InChI=1S/C7H9BrO3S2/c8-6-4-7(12-5-6)13(10,11)3-1-2-9/h4-5,9H,1-3H2. The van der Waals surface area contributed by atoms with Gasteiger partial charge in [0.05, 0.1) is 5.75 Å². The van der Waals surface area contributed by atoms with Crippen LogP contribution >= 0.6 is 27.3 Å². The summed E-state index contributed by atoms with van der Waals surface area (Å²) in [4.78, 5) is 0. The minimum Gasteiger partial charge on any atom is -0.396 e. The molecule has 1 aromatic rings. The summed E-state index contributed by atoms with van der Waals surface area (Å²) in [6.45, 7) is -0.0915. The van der Waals surface area contributed by atoms with Crippen molar-refractivity contribution in [3.63, 3.8) is 0 Å². The molecule has 0 bridgehead atoms. The first-order valence-corrected chi connectivity index (χ1v) is 6.96. The average molecular weight is 285 g/mol. The maximum atomic E-state index is 11.5. The van der Waals surface area contributed by atoms with Crippen LogP contribution in [-0.4, -0.2) is 25.9 Å². The lowest BCUT2D eigenvalue weighted by Gasteiger charge is -1.98. The number of hydrogen-bond donors (Lipinski definition) is 1. The summed E-state index contributed by atoms with van der Waals surface area (Å²) < 4.78 is 24.1. The number of thiophene rings is 1. The molecule has 0 aliphatic carbocycles. The van der Waals surface area contributed by atoms with Crippen molar-refractivity contribution < 1.29 is 13.5 Å². The number of aliphatic hydroxyl groups is 1. The minimum atomic E-state index is -3.17. The first-order chi connectivity index (χ1) is 6.06. The molecule has 1 heterocycles.